The van der Waals surface area contributed by atoms with Gasteiger partial charge >= 0.3 is 11.9 Å². The molecule has 172 valence electrons. The molecule has 1 aliphatic rings. The fourth-order valence-corrected chi connectivity index (χ4v) is 3.40. The number of ether oxygens (including phenoxy) is 2. The Bertz CT molecular complexity index is 849. The molecule has 32 heavy (non-hydrogen) atoms. The lowest BCUT2D eigenvalue weighted by molar-refractivity contribution is -0.241. The fraction of sp³-hybridized carbons (Fsp3) is 0.364. The number of hydrogen-bond donors (Lipinski definition) is 6. The Morgan fingerprint density at radius 2 is 0.906 bits per heavy atom. The molecular formula is C22H24O10. The van der Waals surface area contributed by atoms with Gasteiger partial charge in [-0.25, -0.2) is 0 Å². The van der Waals surface area contributed by atoms with Crippen LogP contribution in [-0.2, 0) is 31.9 Å². The summed E-state index contributed by atoms with van der Waals surface area (Å²) in [6.07, 6.45) is -11.1. The van der Waals surface area contributed by atoms with Crippen molar-refractivity contribution in [3.05, 3.63) is 59.7 Å². The molecule has 6 atom stereocenters. The summed E-state index contributed by atoms with van der Waals surface area (Å²) >= 11 is 0. The predicted octanol–water partition coefficient (Wildman–Crippen LogP) is -0.836. The lowest BCUT2D eigenvalue weighted by Gasteiger charge is -2.42. The van der Waals surface area contributed by atoms with Crippen LogP contribution in [0.5, 0.6) is 11.5 Å². The highest BCUT2D eigenvalue weighted by Gasteiger charge is 2.52. The van der Waals surface area contributed by atoms with Crippen LogP contribution in [0.3, 0.4) is 0 Å². The van der Waals surface area contributed by atoms with Crippen LogP contribution in [0.15, 0.2) is 48.5 Å². The van der Waals surface area contributed by atoms with Crippen LogP contribution < -0.4 is 0 Å². The molecule has 0 unspecified atom stereocenters. The topological polar surface area (TPSA) is 174 Å². The Morgan fingerprint density at radius 1 is 0.594 bits per heavy atom. The smallest absolute Gasteiger partial charge is 0.310 e. The zero-order chi connectivity index (χ0) is 23.4. The van der Waals surface area contributed by atoms with E-state index >= 15 is 0 Å². The van der Waals surface area contributed by atoms with Gasteiger partial charge in [0, 0.05) is 0 Å². The first-order valence-electron chi connectivity index (χ1n) is 9.82. The summed E-state index contributed by atoms with van der Waals surface area (Å²) in [5, 5.41) is 59.3. The van der Waals surface area contributed by atoms with Gasteiger partial charge in [-0.15, -0.1) is 0 Å². The average Bonchev–Trinajstić information content (AvgIpc) is 2.76. The van der Waals surface area contributed by atoms with E-state index in [1.165, 1.54) is 48.5 Å². The minimum Gasteiger partial charge on any atom is -0.508 e. The van der Waals surface area contributed by atoms with E-state index in [0.29, 0.717) is 11.1 Å². The van der Waals surface area contributed by atoms with Crippen LogP contribution in [0.1, 0.15) is 11.1 Å². The maximum atomic E-state index is 12.4. The number of esters is 2. The number of aliphatic hydroxyl groups is 4. The van der Waals surface area contributed by atoms with Gasteiger partial charge < -0.3 is 40.1 Å². The van der Waals surface area contributed by atoms with Gasteiger partial charge in [-0.05, 0) is 35.4 Å². The van der Waals surface area contributed by atoms with Crippen molar-refractivity contribution in [2.75, 3.05) is 0 Å². The largest absolute Gasteiger partial charge is 0.508 e. The van der Waals surface area contributed by atoms with Crippen LogP contribution in [0.25, 0.3) is 0 Å². The molecule has 0 spiro atoms. The van der Waals surface area contributed by atoms with E-state index in [4.69, 9.17) is 9.47 Å². The zero-order valence-electron chi connectivity index (χ0n) is 16.8. The molecule has 10 nitrogen and oxygen atoms in total. The molecule has 0 radical (unpaired) electrons. The molecule has 0 heterocycles. The number of aromatic hydroxyl groups is 2. The number of aliphatic hydroxyl groups excluding tert-OH is 4. The third-order valence-corrected chi connectivity index (χ3v) is 5.15. The molecule has 10 heteroatoms. The van der Waals surface area contributed by atoms with E-state index in [-0.39, 0.29) is 24.3 Å². The summed E-state index contributed by atoms with van der Waals surface area (Å²) in [5.74, 6) is -1.69. The number of rotatable bonds is 6. The molecule has 0 saturated heterocycles. The summed E-state index contributed by atoms with van der Waals surface area (Å²) in [4.78, 5) is 24.7. The second-order valence-electron chi connectivity index (χ2n) is 7.56. The third kappa shape index (κ3) is 5.54. The highest BCUT2D eigenvalue weighted by atomic mass is 16.6. The molecule has 1 aliphatic carbocycles. The van der Waals surface area contributed by atoms with E-state index in [1.807, 2.05) is 0 Å². The number of benzene rings is 2. The van der Waals surface area contributed by atoms with Crippen molar-refractivity contribution < 1.29 is 49.7 Å². The molecule has 0 aromatic heterocycles. The maximum Gasteiger partial charge on any atom is 0.310 e. The standard InChI is InChI=1S/C22H24O10/c23-13-5-1-11(2-6-13)9-15(25)31-21-19(29)17(27)18(28)20(30)22(21)32-16(26)10-12-3-7-14(24)8-4-12/h1-8,17-24,27-30H,9-10H2/t17-,18+,19-,20-,21-,22+/m0/s1. The Balaban J connectivity index is 1.72. The number of carbonyl (C=O) groups excluding carboxylic acids is 2. The molecule has 2 aromatic carbocycles. The summed E-state index contributed by atoms with van der Waals surface area (Å²) in [7, 11) is 0. The van der Waals surface area contributed by atoms with Gasteiger partial charge in [-0.3, -0.25) is 9.59 Å². The molecule has 2 aromatic rings. The first kappa shape index (κ1) is 23.5. The zero-order valence-corrected chi connectivity index (χ0v) is 16.8. The first-order chi connectivity index (χ1) is 15.2. The van der Waals surface area contributed by atoms with Crippen molar-refractivity contribution in [1.82, 2.24) is 0 Å². The van der Waals surface area contributed by atoms with E-state index < -0.39 is 48.6 Å². The minimum absolute atomic E-state index is 0.00524. The summed E-state index contributed by atoms with van der Waals surface area (Å²) in [5.41, 5.74) is 0.972. The second-order valence-corrected chi connectivity index (χ2v) is 7.56. The SMILES string of the molecule is O=C(Cc1ccc(O)cc1)O[C@@H]1[C@@H](O)[C@H](O)[C@H](O)[C@H](O)[C@@H]1OC(=O)Cc1ccc(O)cc1. The van der Waals surface area contributed by atoms with Gasteiger partial charge in [0.25, 0.3) is 0 Å². The van der Waals surface area contributed by atoms with E-state index in [2.05, 4.69) is 0 Å². The van der Waals surface area contributed by atoms with Crippen LogP contribution in [-0.4, -0.2) is 79.2 Å². The minimum atomic E-state index is -1.84. The summed E-state index contributed by atoms with van der Waals surface area (Å²) < 4.78 is 10.4. The Morgan fingerprint density at radius 3 is 1.22 bits per heavy atom. The number of phenolic OH excluding ortho intramolecular Hbond substituents is 2. The monoisotopic (exact) mass is 448 g/mol. The second kappa shape index (κ2) is 9.96. The lowest BCUT2D eigenvalue weighted by Crippen LogP contribution is -2.65. The van der Waals surface area contributed by atoms with Crippen LogP contribution in [0.4, 0.5) is 0 Å². The highest BCUT2D eigenvalue weighted by molar-refractivity contribution is 5.74. The first-order valence-corrected chi connectivity index (χ1v) is 9.82. The van der Waals surface area contributed by atoms with Gasteiger partial charge in [0.2, 0.25) is 0 Å². The maximum absolute atomic E-state index is 12.4. The molecule has 3 rings (SSSR count). The predicted molar refractivity (Wildman–Crippen MR) is 107 cm³/mol. The van der Waals surface area contributed by atoms with Crippen molar-refractivity contribution in [2.24, 2.45) is 0 Å². The Kier molecular flexibility index (Phi) is 7.31. The fourth-order valence-electron chi connectivity index (χ4n) is 3.40. The molecule has 0 bridgehead atoms. The average molecular weight is 448 g/mol. The quantitative estimate of drug-likeness (QED) is 0.306. The normalized spacial score (nSPS) is 27.5. The van der Waals surface area contributed by atoms with E-state index in [9.17, 15) is 40.2 Å². The molecule has 1 fully saturated rings. The molecule has 0 amide bonds. The van der Waals surface area contributed by atoms with Gasteiger partial charge in [0.15, 0.2) is 12.2 Å². The number of carbonyl (C=O) groups is 2. The van der Waals surface area contributed by atoms with Crippen LogP contribution in [0, 0.1) is 0 Å². The number of phenols is 2. The van der Waals surface area contributed by atoms with Crippen molar-refractivity contribution in [2.45, 2.75) is 49.5 Å². The lowest BCUT2D eigenvalue weighted by atomic mass is 9.84. The molecule has 0 aliphatic heterocycles. The van der Waals surface area contributed by atoms with Crippen molar-refractivity contribution in [3.63, 3.8) is 0 Å². The van der Waals surface area contributed by atoms with E-state index in [0.717, 1.165) is 0 Å². The Hall–Kier alpha value is -3.18. The third-order valence-electron chi connectivity index (χ3n) is 5.15. The van der Waals surface area contributed by atoms with Crippen molar-refractivity contribution in [1.29, 1.82) is 0 Å². The Labute approximate surface area is 182 Å². The molecular weight excluding hydrogens is 424 g/mol. The summed E-state index contributed by atoms with van der Waals surface area (Å²) in [6, 6.07) is 11.4. The van der Waals surface area contributed by atoms with E-state index in [1.54, 1.807) is 0 Å². The van der Waals surface area contributed by atoms with Gasteiger partial charge in [-0.1, -0.05) is 24.3 Å². The molecule has 1 saturated carbocycles. The molecule has 6 N–H and O–H groups in total. The van der Waals surface area contributed by atoms with Gasteiger partial charge in [-0.2, -0.15) is 0 Å². The van der Waals surface area contributed by atoms with Crippen LogP contribution in [0.2, 0.25) is 0 Å². The van der Waals surface area contributed by atoms with Crippen molar-refractivity contribution >= 4 is 11.9 Å². The van der Waals surface area contributed by atoms with Gasteiger partial charge in [0.1, 0.15) is 35.9 Å². The highest BCUT2D eigenvalue weighted by Crippen LogP contribution is 2.27. The summed E-state index contributed by atoms with van der Waals surface area (Å²) in [6.45, 7) is 0. The number of hydrogen-bond acceptors (Lipinski definition) is 10. The van der Waals surface area contributed by atoms with Crippen LogP contribution >= 0.6 is 0 Å². The van der Waals surface area contributed by atoms with Crippen molar-refractivity contribution in [3.8, 4) is 11.5 Å². The van der Waals surface area contributed by atoms with Gasteiger partial charge in [0.05, 0.1) is 12.8 Å².